The van der Waals surface area contributed by atoms with Crippen LogP contribution >= 0.6 is 0 Å². The van der Waals surface area contributed by atoms with Gasteiger partial charge in [0.15, 0.2) is 11.5 Å². The molecular weight excluding hydrogens is 306 g/mol. The molecule has 0 aliphatic carbocycles. The number of rotatable bonds is 3. The highest BCUT2D eigenvalue weighted by Gasteiger charge is 2.20. The Morgan fingerprint density at radius 1 is 1.29 bits per heavy atom. The maximum Gasteiger partial charge on any atom is 0.253 e. The summed E-state index contributed by atoms with van der Waals surface area (Å²) in [5, 5.41) is 2.98. The number of ether oxygens (including phenoxy) is 2. The molecule has 0 unspecified atom stereocenters. The van der Waals surface area contributed by atoms with E-state index in [1.165, 1.54) is 0 Å². The molecule has 124 valence electrons. The van der Waals surface area contributed by atoms with Crippen molar-refractivity contribution in [1.82, 2.24) is 15.2 Å². The first-order valence-corrected chi connectivity index (χ1v) is 8.02. The van der Waals surface area contributed by atoms with E-state index in [4.69, 9.17) is 9.47 Å². The van der Waals surface area contributed by atoms with Gasteiger partial charge in [-0.25, -0.2) is 0 Å². The number of carbonyl (C=O) groups excluding carboxylic acids is 1. The smallest absolute Gasteiger partial charge is 0.253 e. The van der Waals surface area contributed by atoms with Gasteiger partial charge in [0.05, 0.1) is 5.56 Å². The van der Waals surface area contributed by atoms with E-state index < -0.39 is 0 Å². The second-order valence-corrected chi connectivity index (χ2v) is 6.18. The number of fused-ring (bicyclic) bond motifs is 2. The van der Waals surface area contributed by atoms with Crippen molar-refractivity contribution in [3.63, 3.8) is 0 Å². The molecule has 0 atom stereocenters. The first kappa shape index (κ1) is 15.0. The first-order chi connectivity index (χ1) is 11.7. The Hall–Kier alpha value is -2.60. The Balaban J connectivity index is 1.48. The Morgan fingerprint density at radius 2 is 2.17 bits per heavy atom. The monoisotopic (exact) mass is 325 g/mol. The molecule has 4 rings (SSSR count). The largest absolute Gasteiger partial charge is 0.454 e. The number of hydrogen-bond donors (Lipinski definition) is 1. The molecule has 1 aromatic carbocycles. The fourth-order valence-corrected chi connectivity index (χ4v) is 3.16. The van der Waals surface area contributed by atoms with E-state index in [1.54, 1.807) is 6.20 Å². The lowest BCUT2D eigenvalue weighted by molar-refractivity contribution is 0.0948. The molecule has 1 amide bonds. The van der Waals surface area contributed by atoms with E-state index in [9.17, 15) is 4.79 Å². The summed E-state index contributed by atoms with van der Waals surface area (Å²) in [5.41, 5.74) is 3.91. The molecule has 3 heterocycles. The molecule has 6 heteroatoms. The number of carbonyl (C=O) groups is 1. The van der Waals surface area contributed by atoms with Crippen LogP contribution in [0.3, 0.4) is 0 Å². The van der Waals surface area contributed by atoms with Crippen molar-refractivity contribution >= 4 is 5.91 Å². The van der Waals surface area contributed by atoms with Crippen molar-refractivity contribution in [3.8, 4) is 11.5 Å². The van der Waals surface area contributed by atoms with Crippen molar-refractivity contribution in [3.05, 3.63) is 52.8 Å². The van der Waals surface area contributed by atoms with Gasteiger partial charge in [0.25, 0.3) is 5.91 Å². The zero-order chi connectivity index (χ0) is 16.5. The summed E-state index contributed by atoms with van der Waals surface area (Å²) in [6.07, 6.45) is 4.40. The Bertz CT molecular complexity index is 791. The number of hydrogen-bond acceptors (Lipinski definition) is 5. The number of amides is 1. The van der Waals surface area contributed by atoms with Crippen LogP contribution in [0.15, 0.2) is 30.6 Å². The minimum atomic E-state index is -0.0819. The SMILES string of the molecule is CN1CCc2c(cncc2C(=O)NCc2ccc3c(c2)OCO3)C1. The van der Waals surface area contributed by atoms with Crippen molar-refractivity contribution in [2.45, 2.75) is 19.5 Å². The summed E-state index contributed by atoms with van der Waals surface area (Å²) in [7, 11) is 2.08. The third kappa shape index (κ3) is 2.80. The van der Waals surface area contributed by atoms with Gasteiger partial charge in [-0.15, -0.1) is 0 Å². The average Bonchev–Trinajstić information content (AvgIpc) is 3.06. The van der Waals surface area contributed by atoms with Crippen LogP contribution in [0.2, 0.25) is 0 Å². The number of nitrogens with one attached hydrogen (secondary N) is 1. The highest BCUT2D eigenvalue weighted by Crippen LogP contribution is 2.32. The van der Waals surface area contributed by atoms with Gasteiger partial charge in [0.1, 0.15) is 0 Å². The van der Waals surface area contributed by atoms with Crippen molar-refractivity contribution in [2.24, 2.45) is 0 Å². The Morgan fingerprint density at radius 3 is 3.08 bits per heavy atom. The van der Waals surface area contributed by atoms with Crippen LogP contribution < -0.4 is 14.8 Å². The number of likely N-dealkylation sites (N-methyl/N-ethyl adjacent to an activating group) is 1. The van der Waals surface area contributed by atoms with Crippen LogP contribution in [0.25, 0.3) is 0 Å². The minimum Gasteiger partial charge on any atom is -0.454 e. The predicted molar refractivity (Wildman–Crippen MR) is 88.0 cm³/mol. The van der Waals surface area contributed by atoms with Gasteiger partial charge in [-0.05, 0) is 42.3 Å². The number of aromatic nitrogens is 1. The van der Waals surface area contributed by atoms with Gasteiger partial charge in [0, 0.05) is 32.0 Å². The normalized spacial score (nSPS) is 15.9. The Labute approximate surface area is 140 Å². The lowest BCUT2D eigenvalue weighted by Crippen LogP contribution is -2.30. The molecule has 2 aliphatic heterocycles. The molecule has 1 N–H and O–H groups in total. The van der Waals surface area contributed by atoms with Crippen LogP contribution in [0, 0.1) is 0 Å². The molecule has 0 fully saturated rings. The quantitative estimate of drug-likeness (QED) is 0.931. The molecular formula is C18H19N3O3. The van der Waals surface area contributed by atoms with E-state index in [2.05, 4.69) is 22.2 Å². The van der Waals surface area contributed by atoms with Crippen molar-refractivity contribution in [1.29, 1.82) is 0 Å². The van der Waals surface area contributed by atoms with Gasteiger partial charge in [-0.2, -0.15) is 0 Å². The zero-order valence-corrected chi connectivity index (χ0v) is 13.5. The van der Waals surface area contributed by atoms with Gasteiger partial charge in [-0.1, -0.05) is 6.07 Å². The highest BCUT2D eigenvalue weighted by atomic mass is 16.7. The highest BCUT2D eigenvalue weighted by molar-refractivity contribution is 5.95. The topological polar surface area (TPSA) is 63.7 Å². The van der Waals surface area contributed by atoms with Crippen LogP contribution in [0.4, 0.5) is 0 Å². The lowest BCUT2D eigenvalue weighted by Gasteiger charge is -2.26. The third-order valence-electron chi connectivity index (χ3n) is 4.47. The van der Waals surface area contributed by atoms with Crippen LogP contribution in [0.1, 0.15) is 27.0 Å². The van der Waals surface area contributed by atoms with Gasteiger partial charge in [-0.3, -0.25) is 9.78 Å². The molecule has 0 radical (unpaired) electrons. The molecule has 1 aromatic heterocycles. The second kappa shape index (κ2) is 6.13. The second-order valence-electron chi connectivity index (χ2n) is 6.18. The van der Waals surface area contributed by atoms with Crippen LogP contribution in [-0.4, -0.2) is 36.2 Å². The first-order valence-electron chi connectivity index (χ1n) is 8.02. The molecule has 0 spiro atoms. The number of benzene rings is 1. The standard InChI is InChI=1S/C18H19N3O3/c1-21-5-4-14-13(10-21)8-19-9-15(14)18(22)20-7-12-2-3-16-17(6-12)24-11-23-16/h2-3,6,8-9H,4-5,7,10-11H2,1H3,(H,20,22). The van der Waals surface area contributed by atoms with Gasteiger partial charge in [0.2, 0.25) is 6.79 Å². The summed E-state index contributed by atoms with van der Waals surface area (Å²) < 4.78 is 10.7. The van der Waals surface area contributed by atoms with Gasteiger partial charge < -0.3 is 19.7 Å². The van der Waals surface area contributed by atoms with Gasteiger partial charge >= 0.3 is 0 Å². The van der Waals surface area contributed by atoms with Crippen molar-refractivity contribution in [2.75, 3.05) is 20.4 Å². The fourth-order valence-electron chi connectivity index (χ4n) is 3.16. The molecule has 6 nitrogen and oxygen atoms in total. The van der Waals surface area contributed by atoms with E-state index in [0.717, 1.165) is 47.7 Å². The summed E-state index contributed by atoms with van der Waals surface area (Å²) in [5.74, 6) is 1.39. The lowest BCUT2D eigenvalue weighted by atomic mass is 9.97. The maximum atomic E-state index is 12.6. The minimum absolute atomic E-state index is 0.0819. The maximum absolute atomic E-state index is 12.6. The molecule has 0 bridgehead atoms. The van der Waals surface area contributed by atoms with Crippen LogP contribution in [-0.2, 0) is 19.5 Å². The summed E-state index contributed by atoms with van der Waals surface area (Å²) in [6, 6.07) is 5.70. The summed E-state index contributed by atoms with van der Waals surface area (Å²) >= 11 is 0. The number of pyridine rings is 1. The van der Waals surface area contributed by atoms with E-state index >= 15 is 0 Å². The molecule has 0 saturated heterocycles. The van der Waals surface area contributed by atoms with E-state index in [1.807, 2.05) is 24.4 Å². The van der Waals surface area contributed by atoms with Crippen LogP contribution in [0.5, 0.6) is 11.5 Å². The van der Waals surface area contributed by atoms with E-state index in [-0.39, 0.29) is 12.7 Å². The Kier molecular flexibility index (Phi) is 3.82. The summed E-state index contributed by atoms with van der Waals surface area (Å²) in [4.78, 5) is 19.1. The average molecular weight is 325 g/mol. The molecule has 2 aliphatic rings. The molecule has 0 saturated carbocycles. The predicted octanol–water partition coefficient (Wildman–Crippen LogP) is 1.73. The fraction of sp³-hybridized carbons (Fsp3) is 0.333. The zero-order valence-electron chi connectivity index (χ0n) is 13.5. The number of nitrogens with zero attached hydrogens (tertiary/aromatic N) is 2. The molecule has 24 heavy (non-hydrogen) atoms. The summed E-state index contributed by atoms with van der Waals surface area (Å²) in [6.45, 7) is 2.49. The molecule has 2 aromatic rings. The van der Waals surface area contributed by atoms with E-state index in [0.29, 0.717) is 12.1 Å². The van der Waals surface area contributed by atoms with Crippen molar-refractivity contribution < 1.29 is 14.3 Å². The third-order valence-corrected chi connectivity index (χ3v) is 4.47.